The summed E-state index contributed by atoms with van der Waals surface area (Å²) in [5.41, 5.74) is 1.29. The molecule has 0 amide bonds. The van der Waals surface area contributed by atoms with Gasteiger partial charge in [0.25, 0.3) is 6.17 Å². The fourth-order valence-corrected chi connectivity index (χ4v) is 1.47. The van der Waals surface area contributed by atoms with E-state index in [2.05, 4.69) is 30.9 Å². The topological polar surface area (TPSA) is 27.7 Å². The highest BCUT2D eigenvalue weighted by molar-refractivity contribution is 6.31. The van der Waals surface area contributed by atoms with Crippen molar-refractivity contribution in [2.24, 2.45) is 15.5 Å². The summed E-state index contributed by atoms with van der Waals surface area (Å²) in [5, 5.41) is 4.30. The van der Waals surface area contributed by atoms with Crippen molar-refractivity contribution in [1.29, 1.82) is 0 Å². The van der Waals surface area contributed by atoms with E-state index < -0.39 is 0 Å². The maximum absolute atomic E-state index is 4.37. The molecular weight excluding hydrogens is 162 g/mol. The Morgan fingerprint density at radius 2 is 2.15 bits per heavy atom. The summed E-state index contributed by atoms with van der Waals surface area (Å²) in [5.74, 6) is 0. The molecule has 2 aliphatic rings. The summed E-state index contributed by atoms with van der Waals surface area (Å²) in [6, 6.07) is 0. The van der Waals surface area contributed by atoms with Crippen LogP contribution in [0.25, 0.3) is 0 Å². The summed E-state index contributed by atoms with van der Waals surface area (Å²) in [6.07, 6.45) is 7.81. The molecular formula is C10H14N3+. The van der Waals surface area contributed by atoms with Gasteiger partial charge in [0.15, 0.2) is 0 Å². The van der Waals surface area contributed by atoms with Gasteiger partial charge < -0.3 is 0 Å². The molecule has 0 aromatic rings. The van der Waals surface area contributed by atoms with Gasteiger partial charge >= 0.3 is 0 Å². The molecule has 2 heterocycles. The second kappa shape index (κ2) is 2.62. The first-order valence-corrected chi connectivity index (χ1v) is 4.50. The highest BCUT2D eigenvalue weighted by atomic mass is 15.4. The number of fused-ring (bicyclic) bond motifs is 1. The van der Waals surface area contributed by atoms with Gasteiger partial charge in [0.1, 0.15) is 0 Å². The van der Waals surface area contributed by atoms with Crippen molar-refractivity contribution < 1.29 is 4.68 Å². The van der Waals surface area contributed by atoms with Crippen LogP contribution in [0.3, 0.4) is 0 Å². The standard InChI is InChI=1S/C10H14N3/c1-10(2,3)8-7-11-9-5-4-6-12-13(8)9/h4-7,9H,1-3H3/q+1. The Bertz CT molecular complexity index is 340. The molecule has 0 spiro atoms. The number of hydrogen-bond donors (Lipinski definition) is 0. The first-order chi connectivity index (χ1) is 6.09. The van der Waals surface area contributed by atoms with Crippen LogP contribution in [0.2, 0.25) is 0 Å². The van der Waals surface area contributed by atoms with Gasteiger partial charge in [-0.1, -0.05) is 25.5 Å². The van der Waals surface area contributed by atoms with Gasteiger partial charge in [-0.3, -0.25) is 0 Å². The van der Waals surface area contributed by atoms with Gasteiger partial charge in [0.05, 0.1) is 17.8 Å². The lowest BCUT2D eigenvalue weighted by molar-refractivity contribution is -0.556. The lowest BCUT2D eigenvalue weighted by Crippen LogP contribution is -2.30. The van der Waals surface area contributed by atoms with E-state index >= 15 is 0 Å². The molecule has 0 saturated carbocycles. The van der Waals surface area contributed by atoms with E-state index in [0.29, 0.717) is 0 Å². The third-order valence-electron chi connectivity index (χ3n) is 2.18. The summed E-state index contributed by atoms with van der Waals surface area (Å²) in [7, 11) is 0. The van der Waals surface area contributed by atoms with Crippen LogP contribution in [-0.2, 0) is 0 Å². The van der Waals surface area contributed by atoms with Crippen molar-refractivity contribution in [3.8, 4) is 0 Å². The van der Waals surface area contributed by atoms with Crippen LogP contribution in [0.4, 0.5) is 0 Å². The van der Waals surface area contributed by atoms with Gasteiger partial charge in [-0.25, -0.2) is 4.99 Å². The largest absolute Gasteiger partial charge is 0.296 e. The molecule has 13 heavy (non-hydrogen) atoms. The lowest BCUT2D eigenvalue weighted by Gasteiger charge is -2.12. The second-order valence-corrected chi connectivity index (χ2v) is 4.32. The number of nitrogens with zero attached hydrogens (tertiary/aromatic N) is 3. The average Bonchev–Trinajstić information content (AvgIpc) is 2.45. The fraction of sp³-hybridized carbons (Fsp3) is 0.500. The predicted octanol–water partition coefficient (Wildman–Crippen LogP) is 1.45. The van der Waals surface area contributed by atoms with E-state index in [4.69, 9.17) is 0 Å². The summed E-state index contributed by atoms with van der Waals surface area (Å²) < 4.78 is 1.97. The first kappa shape index (κ1) is 8.35. The minimum Gasteiger partial charge on any atom is -0.213 e. The number of hydrazone groups is 1. The Balaban J connectivity index is 2.45. The van der Waals surface area contributed by atoms with Crippen LogP contribution in [-0.4, -0.2) is 29.0 Å². The normalized spacial score (nSPS) is 25.6. The molecule has 1 unspecified atom stereocenters. The molecule has 0 radical (unpaired) electrons. The Labute approximate surface area is 78.2 Å². The molecule has 0 bridgehead atoms. The number of allylic oxidation sites excluding steroid dienone is 1. The van der Waals surface area contributed by atoms with E-state index in [1.165, 1.54) is 5.71 Å². The van der Waals surface area contributed by atoms with E-state index in [0.717, 1.165) is 0 Å². The van der Waals surface area contributed by atoms with Crippen molar-refractivity contribution in [1.82, 2.24) is 0 Å². The molecule has 0 aromatic carbocycles. The third-order valence-corrected chi connectivity index (χ3v) is 2.18. The molecule has 0 aromatic heterocycles. The SMILES string of the molecule is CC(C)(C)C1=[N+]2N=CC=CC2N=C1. The van der Waals surface area contributed by atoms with Crippen molar-refractivity contribution in [3.05, 3.63) is 12.2 Å². The van der Waals surface area contributed by atoms with Gasteiger partial charge in [-0.15, -0.1) is 0 Å². The van der Waals surface area contributed by atoms with E-state index in [1.807, 2.05) is 23.1 Å². The molecule has 3 heteroatoms. The summed E-state index contributed by atoms with van der Waals surface area (Å²) in [6.45, 7) is 6.51. The molecule has 2 rings (SSSR count). The molecule has 0 aliphatic carbocycles. The highest BCUT2D eigenvalue weighted by Gasteiger charge is 2.36. The number of aliphatic imine (C=N–C) groups is 1. The first-order valence-electron chi connectivity index (χ1n) is 4.50. The molecule has 0 saturated heterocycles. The Hall–Kier alpha value is -1.25. The predicted molar refractivity (Wildman–Crippen MR) is 54.6 cm³/mol. The van der Waals surface area contributed by atoms with Crippen LogP contribution >= 0.6 is 0 Å². The number of rotatable bonds is 0. The molecule has 3 nitrogen and oxygen atoms in total. The smallest absolute Gasteiger partial charge is 0.213 e. The van der Waals surface area contributed by atoms with Crippen molar-refractivity contribution in [2.75, 3.05) is 0 Å². The molecule has 0 N–H and O–H groups in total. The second-order valence-electron chi connectivity index (χ2n) is 4.32. The van der Waals surface area contributed by atoms with Gasteiger partial charge in [-0.2, -0.15) is 0 Å². The van der Waals surface area contributed by atoms with Crippen molar-refractivity contribution in [2.45, 2.75) is 26.9 Å². The summed E-state index contributed by atoms with van der Waals surface area (Å²) in [4.78, 5) is 4.37. The Morgan fingerprint density at radius 1 is 1.38 bits per heavy atom. The van der Waals surface area contributed by atoms with Gasteiger partial charge in [0, 0.05) is 6.08 Å². The van der Waals surface area contributed by atoms with Gasteiger partial charge in [-0.05, 0) is 11.2 Å². The third kappa shape index (κ3) is 1.34. The van der Waals surface area contributed by atoms with Gasteiger partial charge in [0.2, 0.25) is 5.71 Å². The highest BCUT2D eigenvalue weighted by Crippen LogP contribution is 2.20. The van der Waals surface area contributed by atoms with Crippen LogP contribution in [0.5, 0.6) is 0 Å². The minimum absolute atomic E-state index is 0.0965. The quantitative estimate of drug-likeness (QED) is 0.500. The maximum Gasteiger partial charge on any atom is 0.296 e. The monoisotopic (exact) mass is 176 g/mol. The van der Waals surface area contributed by atoms with E-state index in [-0.39, 0.29) is 11.6 Å². The van der Waals surface area contributed by atoms with Crippen LogP contribution in [0.1, 0.15) is 20.8 Å². The van der Waals surface area contributed by atoms with Crippen molar-refractivity contribution in [3.63, 3.8) is 0 Å². The molecule has 68 valence electrons. The van der Waals surface area contributed by atoms with Crippen LogP contribution in [0.15, 0.2) is 22.2 Å². The average molecular weight is 176 g/mol. The lowest BCUT2D eigenvalue weighted by atomic mass is 9.91. The Kier molecular flexibility index (Phi) is 1.68. The maximum atomic E-state index is 4.37. The molecule has 1 atom stereocenters. The minimum atomic E-state index is 0.0965. The van der Waals surface area contributed by atoms with Crippen molar-refractivity contribution >= 4 is 18.1 Å². The Morgan fingerprint density at radius 3 is 2.85 bits per heavy atom. The van der Waals surface area contributed by atoms with E-state index in [9.17, 15) is 0 Å². The zero-order valence-corrected chi connectivity index (χ0v) is 8.23. The zero-order chi connectivity index (χ0) is 9.47. The van der Waals surface area contributed by atoms with E-state index in [1.54, 1.807) is 6.21 Å². The van der Waals surface area contributed by atoms with Crippen LogP contribution in [0, 0.1) is 5.41 Å². The fourth-order valence-electron chi connectivity index (χ4n) is 1.47. The zero-order valence-electron chi connectivity index (χ0n) is 8.23. The van der Waals surface area contributed by atoms with Crippen LogP contribution < -0.4 is 0 Å². The molecule has 0 fully saturated rings. The summed E-state index contributed by atoms with van der Waals surface area (Å²) >= 11 is 0. The molecule has 2 aliphatic heterocycles. The number of hydrogen-bond acceptors (Lipinski definition) is 2.